The molecule has 1 aliphatic heterocycles. The third kappa shape index (κ3) is 4.56. The van der Waals surface area contributed by atoms with Crippen molar-refractivity contribution >= 4 is 19.7 Å². The van der Waals surface area contributed by atoms with E-state index in [1.807, 2.05) is 0 Å². The maximum atomic E-state index is 11.9. The van der Waals surface area contributed by atoms with Gasteiger partial charge in [0.2, 0.25) is 0 Å². The normalized spacial score (nSPS) is 26.6. The highest BCUT2D eigenvalue weighted by molar-refractivity contribution is 7.92. The van der Waals surface area contributed by atoms with Crippen LogP contribution in [0.5, 0.6) is 0 Å². The van der Waals surface area contributed by atoms with Crippen molar-refractivity contribution in [2.45, 2.75) is 37.0 Å². The Morgan fingerprint density at radius 2 is 2.00 bits per heavy atom. The van der Waals surface area contributed by atoms with E-state index in [-0.39, 0.29) is 17.5 Å². The molecule has 0 radical (unpaired) electrons. The molecule has 0 aromatic heterocycles. The first-order chi connectivity index (χ1) is 7.76. The summed E-state index contributed by atoms with van der Waals surface area (Å²) in [5.74, 6) is 0.263. The predicted molar refractivity (Wildman–Crippen MR) is 68.6 cm³/mol. The molecule has 0 aliphatic carbocycles. The fraction of sp³-hybridized carbons (Fsp3) is 1.00. The van der Waals surface area contributed by atoms with Gasteiger partial charge in [-0.3, -0.25) is 0 Å². The average Bonchev–Trinajstić information content (AvgIpc) is 2.19. The van der Waals surface area contributed by atoms with Crippen LogP contribution in [0.4, 0.5) is 0 Å². The van der Waals surface area contributed by atoms with Gasteiger partial charge in [-0.1, -0.05) is 6.42 Å². The average molecular weight is 283 g/mol. The predicted octanol–water partition coefficient (Wildman–Crippen LogP) is -0.0236. The molecule has 1 rings (SSSR count). The second kappa shape index (κ2) is 5.67. The van der Waals surface area contributed by atoms with E-state index in [0.717, 1.165) is 12.8 Å². The first kappa shape index (κ1) is 14.9. The highest BCUT2D eigenvalue weighted by atomic mass is 32.2. The molecular weight excluding hydrogens is 262 g/mol. The maximum Gasteiger partial charge on any atom is 0.154 e. The van der Waals surface area contributed by atoms with E-state index < -0.39 is 24.9 Å². The molecule has 2 unspecified atom stereocenters. The third-order valence-electron chi connectivity index (χ3n) is 3.25. The molecule has 7 heteroatoms. The van der Waals surface area contributed by atoms with Gasteiger partial charge in [0.25, 0.3) is 0 Å². The zero-order chi connectivity index (χ0) is 13.1. The minimum absolute atomic E-state index is 0.0323. The molecule has 1 aliphatic rings. The third-order valence-corrected chi connectivity index (χ3v) is 6.57. The van der Waals surface area contributed by atoms with Crippen LogP contribution in [0.1, 0.15) is 25.7 Å². The lowest BCUT2D eigenvalue weighted by Gasteiger charge is -2.29. The molecule has 0 spiro atoms. The molecular formula is C10H21NO4S2. The van der Waals surface area contributed by atoms with Gasteiger partial charge < -0.3 is 5.32 Å². The van der Waals surface area contributed by atoms with Crippen molar-refractivity contribution in [2.75, 3.05) is 24.8 Å². The number of nitrogens with one attached hydrogen (secondary N) is 1. The summed E-state index contributed by atoms with van der Waals surface area (Å²) in [4.78, 5) is 0. The number of hydrogen-bond donors (Lipinski definition) is 1. The molecule has 1 fully saturated rings. The number of sulfone groups is 2. The number of rotatable bonds is 5. The largest absolute Gasteiger partial charge is 0.316 e. The second-order valence-corrected chi connectivity index (χ2v) is 9.31. The molecule has 17 heavy (non-hydrogen) atoms. The van der Waals surface area contributed by atoms with Crippen LogP contribution in [0.25, 0.3) is 0 Å². The Morgan fingerprint density at radius 1 is 1.35 bits per heavy atom. The molecule has 0 saturated carbocycles. The Hall–Kier alpha value is -0.140. The van der Waals surface area contributed by atoms with Crippen LogP contribution >= 0.6 is 0 Å². The molecule has 1 N–H and O–H groups in total. The topological polar surface area (TPSA) is 80.3 Å². The highest BCUT2D eigenvalue weighted by Crippen LogP contribution is 2.23. The molecule has 0 aromatic rings. The van der Waals surface area contributed by atoms with Crippen molar-refractivity contribution in [3.05, 3.63) is 0 Å². The van der Waals surface area contributed by atoms with Crippen molar-refractivity contribution in [3.8, 4) is 0 Å². The van der Waals surface area contributed by atoms with Crippen LogP contribution in [0.3, 0.4) is 0 Å². The fourth-order valence-electron chi connectivity index (χ4n) is 2.29. The Labute approximate surface area is 104 Å². The van der Waals surface area contributed by atoms with Gasteiger partial charge in [0, 0.05) is 12.3 Å². The van der Waals surface area contributed by atoms with Crippen LogP contribution in [-0.4, -0.2) is 52.9 Å². The summed E-state index contributed by atoms with van der Waals surface area (Å²) >= 11 is 0. The summed E-state index contributed by atoms with van der Waals surface area (Å²) in [7, 11) is -4.41. The lowest BCUT2D eigenvalue weighted by Crippen LogP contribution is -2.46. The highest BCUT2D eigenvalue weighted by Gasteiger charge is 2.34. The lowest BCUT2D eigenvalue weighted by atomic mass is 10.1. The van der Waals surface area contributed by atoms with Gasteiger partial charge in [0.05, 0.1) is 16.8 Å². The van der Waals surface area contributed by atoms with E-state index in [1.54, 1.807) is 7.05 Å². The molecule has 2 atom stereocenters. The summed E-state index contributed by atoms with van der Waals surface area (Å²) < 4.78 is 46.1. The van der Waals surface area contributed by atoms with Crippen molar-refractivity contribution in [2.24, 2.45) is 0 Å². The molecule has 0 bridgehead atoms. The van der Waals surface area contributed by atoms with Crippen LogP contribution in [0, 0.1) is 0 Å². The van der Waals surface area contributed by atoms with Gasteiger partial charge in [-0.15, -0.1) is 0 Å². The SMILES string of the molecule is CNC(CCS(C)(=O)=O)C1CCCCS1(=O)=O. The summed E-state index contributed by atoms with van der Waals surface area (Å²) in [6, 6.07) is -0.255. The van der Waals surface area contributed by atoms with Gasteiger partial charge in [-0.25, -0.2) is 16.8 Å². The Kier molecular flexibility index (Phi) is 4.97. The van der Waals surface area contributed by atoms with E-state index in [9.17, 15) is 16.8 Å². The molecule has 1 heterocycles. The minimum Gasteiger partial charge on any atom is -0.316 e. The molecule has 0 aromatic carbocycles. The van der Waals surface area contributed by atoms with Gasteiger partial charge in [-0.05, 0) is 26.3 Å². The van der Waals surface area contributed by atoms with Crippen LogP contribution in [0.15, 0.2) is 0 Å². The van der Waals surface area contributed by atoms with Gasteiger partial charge in [0.1, 0.15) is 9.84 Å². The number of hydrogen-bond acceptors (Lipinski definition) is 5. The zero-order valence-electron chi connectivity index (χ0n) is 10.3. The summed E-state index contributed by atoms with van der Waals surface area (Å²) in [5, 5.41) is 2.53. The maximum absolute atomic E-state index is 11.9. The van der Waals surface area contributed by atoms with Crippen molar-refractivity contribution in [3.63, 3.8) is 0 Å². The summed E-state index contributed by atoms with van der Waals surface area (Å²) in [6.45, 7) is 0. The van der Waals surface area contributed by atoms with Gasteiger partial charge in [0.15, 0.2) is 9.84 Å². The standard InChI is InChI=1S/C10H21NO4S2/c1-11-9(6-8-16(2,12)13)10-5-3-4-7-17(10,14)15/h9-11H,3-8H2,1-2H3. The van der Waals surface area contributed by atoms with Gasteiger partial charge in [-0.2, -0.15) is 0 Å². The quantitative estimate of drug-likeness (QED) is 0.767. The van der Waals surface area contributed by atoms with Crippen LogP contribution < -0.4 is 5.32 Å². The van der Waals surface area contributed by atoms with Crippen LogP contribution in [-0.2, 0) is 19.7 Å². The van der Waals surface area contributed by atoms with E-state index in [0.29, 0.717) is 12.8 Å². The second-order valence-electron chi connectivity index (χ2n) is 4.71. The Bertz CT molecular complexity index is 441. The van der Waals surface area contributed by atoms with Crippen molar-refractivity contribution < 1.29 is 16.8 Å². The lowest BCUT2D eigenvalue weighted by molar-refractivity contribution is 0.449. The molecule has 102 valence electrons. The van der Waals surface area contributed by atoms with Crippen molar-refractivity contribution in [1.29, 1.82) is 0 Å². The summed E-state index contributed by atoms with van der Waals surface area (Å²) in [6.07, 6.45) is 3.80. The van der Waals surface area contributed by atoms with Crippen LogP contribution in [0.2, 0.25) is 0 Å². The molecule has 0 amide bonds. The van der Waals surface area contributed by atoms with E-state index in [4.69, 9.17) is 0 Å². The zero-order valence-corrected chi connectivity index (χ0v) is 12.0. The van der Waals surface area contributed by atoms with E-state index in [1.165, 1.54) is 6.26 Å². The monoisotopic (exact) mass is 283 g/mol. The minimum atomic E-state index is -3.06. The Balaban J connectivity index is 2.72. The van der Waals surface area contributed by atoms with E-state index >= 15 is 0 Å². The Morgan fingerprint density at radius 3 is 2.47 bits per heavy atom. The smallest absolute Gasteiger partial charge is 0.154 e. The molecule has 5 nitrogen and oxygen atoms in total. The summed E-state index contributed by atoms with van der Waals surface area (Å²) in [5.41, 5.74) is 0. The van der Waals surface area contributed by atoms with Gasteiger partial charge >= 0.3 is 0 Å². The van der Waals surface area contributed by atoms with Crippen molar-refractivity contribution in [1.82, 2.24) is 5.32 Å². The molecule has 1 saturated heterocycles. The first-order valence-corrected chi connectivity index (χ1v) is 9.60. The fourth-order valence-corrected chi connectivity index (χ4v) is 5.18. The van der Waals surface area contributed by atoms with E-state index in [2.05, 4.69) is 5.32 Å². The first-order valence-electron chi connectivity index (χ1n) is 5.83.